The van der Waals surface area contributed by atoms with E-state index in [0.29, 0.717) is 13.2 Å². The second-order valence-electron chi connectivity index (χ2n) is 3.36. The molecule has 78 valence electrons. The normalized spacial score (nSPS) is 15.9. The van der Waals surface area contributed by atoms with Crippen molar-refractivity contribution in [2.75, 3.05) is 13.2 Å². The van der Waals surface area contributed by atoms with Crippen LogP contribution in [0.2, 0.25) is 0 Å². The SMILES string of the molecule is CCCOC(=O)C1=CC=C(CN)CC1. The molecule has 3 heteroatoms. The lowest BCUT2D eigenvalue weighted by Gasteiger charge is -2.12. The summed E-state index contributed by atoms with van der Waals surface area (Å²) < 4.78 is 5.03. The van der Waals surface area contributed by atoms with Crippen molar-refractivity contribution in [2.24, 2.45) is 5.73 Å². The first-order valence-corrected chi connectivity index (χ1v) is 5.03. The van der Waals surface area contributed by atoms with Crippen molar-refractivity contribution < 1.29 is 9.53 Å². The molecule has 0 saturated heterocycles. The van der Waals surface area contributed by atoms with Crippen LogP contribution in [0.15, 0.2) is 23.3 Å². The second kappa shape index (κ2) is 5.60. The number of rotatable bonds is 4. The average Bonchev–Trinajstić information content (AvgIpc) is 2.26. The standard InChI is InChI=1S/C11H17NO2/c1-2-7-14-11(13)10-5-3-9(8-12)4-6-10/h3,5H,2,4,6-8,12H2,1H3. The van der Waals surface area contributed by atoms with Crippen LogP contribution in [0.5, 0.6) is 0 Å². The number of carbonyl (C=O) groups excluding carboxylic acids is 1. The maximum Gasteiger partial charge on any atom is 0.334 e. The highest BCUT2D eigenvalue weighted by Gasteiger charge is 2.13. The van der Waals surface area contributed by atoms with Crippen LogP contribution in [0.3, 0.4) is 0 Å². The van der Waals surface area contributed by atoms with E-state index in [0.717, 1.165) is 24.8 Å². The van der Waals surface area contributed by atoms with Crippen LogP contribution in [0.25, 0.3) is 0 Å². The van der Waals surface area contributed by atoms with Crippen LogP contribution < -0.4 is 5.73 Å². The van der Waals surface area contributed by atoms with Crippen LogP contribution in [-0.2, 0) is 9.53 Å². The molecule has 0 aromatic rings. The predicted molar refractivity (Wildman–Crippen MR) is 55.7 cm³/mol. The van der Waals surface area contributed by atoms with Gasteiger partial charge in [0.25, 0.3) is 0 Å². The molecule has 0 aliphatic heterocycles. The molecule has 3 nitrogen and oxygen atoms in total. The summed E-state index contributed by atoms with van der Waals surface area (Å²) in [5, 5.41) is 0. The maximum atomic E-state index is 11.4. The van der Waals surface area contributed by atoms with Gasteiger partial charge in [-0.1, -0.05) is 24.6 Å². The molecule has 0 aromatic carbocycles. The molecule has 1 aliphatic carbocycles. The molecular formula is C11H17NO2. The molecule has 0 radical (unpaired) electrons. The molecular weight excluding hydrogens is 178 g/mol. The topological polar surface area (TPSA) is 52.3 Å². The van der Waals surface area contributed by atoms with E-state index in [9.17, 15) is 4.79 Å². The third-order valence-corrected chi connectivity index (χ3v) is 2.20. The lowest BCUT2D eigenvalue weighted by Crippen LogP contribution is -2.12. The Morgan fingerprint density at radius 3 is 2.79 bits per heavy atom. The van der Waals surface area contributed by atoms with Crippen molar-refractivity contribution in [3.05, 3.63) is 23.3 Å². The largest absolute Gasteiger partial charge is 0.462 e. The zero-order chi connectivity index (χ0) is 10.4. The summed E-state index contributed by atoms with van der Waals surface area (Å²) in [4.78, 5) is 11.4. The Hall–Kier alpha value is -1.09. The highest BCUT2D eigenvalue weighted by Crippen LogP contribution is 2.18. The molecule has 0 atom stereocenters. The molecule has 1 aliphatic rings. The minimum Gasteiger partial charge on any atom is -0.462 e. The van der Waals surface area contributed by atoms with Gasteiger partial charge in [-0.3, -0.25) is 0 Å². The molecule has 14 heavy (non-hydrogen) atoms. The third-order valence-electron chi connectivity index (χ3n) is 2.20. The Labute approximate surface area is 84.6 Å². The Bertz CT molecular complexity index is 266. The van der Waals surface area contributed by atoms with Crippen molar-refractivity contribution in [1.82, 2.24) is 0 Å². The Morgan fingerprint density at radius 1 is 1.50 bits per heavy atom. The summed E-state index contributed by atoms with van der Waals surface area (Å²) in [6.45, 7) is 3.06. The van der Waals surface area contributed by atoms with Gasteiger partial charge in [-0.2, -0.15) is 0 Å². The van der Waals surface area contributed by atoms with Gasteiger partial charge in [-0.15, -0.1) is 0 Å². The number of carbonyl (C=O) groups is 1. The smallest absolute Gasteiger partial charge is 0.334 e. The van der Waals surface area contributed by atoms with Gasteiger partial charge >= 0.3 is 5.97 Å². The van der Waals surface area contributed by atoms with E-state index in [1.807, 2.05) is 19.1 Å². The molecule has 0 aromatic heterocycles. The molecule has 0 fully saturated rings. The zero-order valence-electron chi connectivity index (χ0n) is 8.58. The van der Waals surface area contributed by atoms with Gasteiger partial charge in [-0.25, -0.2) is 4.79 Å². The number of hydrogen-bond donors (Lipinski definition) is 1. The maximum absolute atomic E-state index is 11.4. The Morgan fingerprint density at radius 2 is 2.29 bits per heavy atom. The van der Waals surface area contributed by atoms with Gasteiger partial charge in [0.15, 0.2) is 0 Å². The minimum atomic E-state index is -0.181. The number of hydrogen-bond acceptors (Lipinski definition) is 3. The van der Waals surface area contributed by atoms with E-state index in [1.165, 1.54) is 5.57 Å². The summed E-state index contributed by atoms with van der Waals surface area (Å²) in [7, 11) is 0. The van der Waals surface area contributed by atoms with Crippen molar-refractivity contribution >= 4 is 5.97 Å². The molecule has 0 heterocycles. The first kappa shape index (κ1) is 11.0. The van der Waals surface area contributed by atoms with Gasteiger partial charge in [0.1, 0.15) is 0 Å². The minimum absolute atomic E-state index is 0.181. The monoisotopic (exact) mass is 195 g/mol. The number of allylic oxidation sites excluding steroid dienone is 2. The Balaban J connectivity index is 2.50. The molecule has 0 unspecified atom stereocenters. The van der Waals surface area contributed by atoms with Crippen LogP contribution in [0, 0.1) is 0 Å². The van der Waals surface area contributed by atoms with Crippen LogP contribution in [-0.4, -0.2) is 19.1 Å². The summed E-state index contributed by atoms with van der Waals surface area (Å²) in [6, 6.07) is 0. The van der Waals surface area contributed by atoms with Crippen LogP contribution >= 0.6 is 0 Å². The van der Waals surface area contributed by atoms with Crippen molar-refractivity contribution in [2.45, 2.75) is 26.2 Å². The van der Waals surface area contributed by atoms with E-state index in [4.69, 9.17) is 10.5 Å². The van der Waals surface area contributed by atoms with Gasteiger partial charge in [-0.05, 0) is 19.3 Å². The van der Waals surface area contributed by atoms with E-state index >= 15 is 0 Å². The van der Waals surface area contributed by atoms with Gasteiger partial charge < -0.3 is 10.5 Å². The first-order chi connectivity index (χ1) is 6.77. The van der Waals surface area contributed by atoms with Gasteiger partial charge in [0.2, 0.25) is 0 Å². The summed E-state index contributed by atoms with van der Waals surface area (Å²) in [6.07, 6.45) is 6.24. The molecule has 1 rings (SSSR count). The van der Waals surface area contributed by atoms with Gasteiger partial charge in [0, 0.05) is 12.1 Å². The first-order valence-electron chi connectivity index (χ1n) is 5.03. The molecule has 0 saturated carbocycles. The van der Waals surface area contributed by atoms with Crippen molar-refractivity contribution in [1.29, 1.82) is 0 Å². The quantitative estimate of drug-likeness (QED) is 0.692. The zero-order valence-corrected chi connectivity index (χ0v) is 8.58. The van der Waals surface area contributed by atoms with Crippen LogP contribution in [0.1, 0.15) is 26.2 Å². The average molecular weight is 195 g/mol. The number of nitrogens with two attached hydrogens (primary N) is 1. The summed E-state index contributed by atoms with van der Waals surface area (Å²) in [5.74, 6) is -0.181. The number of ether oxygens (including phenoxy) is 1. The Kier molecular flexibility index (Phi) is 4.40. The molecule has 0 spiro atoms. The lowest BCUT2D eigenvalue weighted by molar-refractivity contribution is -0.139. The molecule has 0 amide bonds. The summed E-state index contributed by atoms with van der Waals surface area (Å²) in [5.41, 5.74) is 7.44. The fraction of sp³-hybridized carbons (Fsp3) is 0.545. The lowest BCUT2D eigenvalue weighted by atomic mass is 9.99. The van der Waals surface area contributed by atoms with E-state index in [-0.39, 0.29) is 5.97 Å². The van der Waals surface area contributed by atoms with Gasteiger partial charge in [0.05, 0.1) is 6.61 Å². The number of esters is 1. The van der Waals surface area contributed by atoms with Crippen LogP contribution in [0.4, 0.5) is 0 Å². The fourth-order valence-electron chi connectivity index (χ4n) is 1.31. The molecule has 2 N–H and O–H groups in total. The molecule has 0 bridgehead atoms. The third kappa shape index (κ3) is 3.00. The fourth-order valence-corrected chi connectivity index (χ4v) is 1.31. The second-order valence-corrected chi connectivity index (χ2v) is 3.36. The predicted octanol–water partition coefficient (Wildman–Crippen LogP) is 1.54. The van der Waals surface area contributed by atoms with E-state index in [1.54, 1.807) is 0 Å². The van der Waals surface area contributed by atoms with Crippen molar-refractivity contribution in [3.8, 4) is 0 Å². The highest BCUT2D eigenvalue weighted by atomic mass is 16.5. The van der Waals surface area contributed by atoms with E-state index < -0.39 is 0 Å². The highest BCUT2D eigenvalue weighted by molar-refractivity contribution is 5.89. The van der Waals surface area contributed by atoms with Crippen molar-refractivity contribution in [3.63, 3.8) is 0 Å². The van der Waals surface area contributed by atoms with E-state index in [2.05, 4.69) is 0 Å². The summed E-state index contributed by atoms with van der Waals surface area (Å²) >= 11 is 0.